The van der Waals surface area contributed by atoms with Crippen LogP contribution in [-0.2, 0) is 4.79 Å². The van der Waals surface area contributed by atoms with Gasteiger partial charge in [-0.15, -0.1) is 0 Å². The average Bonchev–Trinajstić information content (AvgIpc) is 2.66. The number of benzene rings is 2. The number of β-amino-alcohol motifs (C(OH)–C–C–N with tert-alkyl or cyclic N) is 1. The van der Waals surface area contributed by atoms with Gasteiger partial charge in [0, 0.05) is 37.7 Å². The van der Waals surface area contributed by atoms with E-state index < -0.39 is 5.92 Å². The Kier molecular flexibility index (Phi) is 6.63. The lowest BCUT2D eigenvalue weighted by molar-refractivity contribution is -0.127. The Bertz CT molecular complexity index is 718. The third-order valence-corrected chi connectivity index (χ3v) is 5.01. The second-order valence-electron chi connectivity index (χ2n) is 6.39. The third kappa shape index (κ3) is 4.62. The number of aliphatic hydroxyl groups is 1. The first-order valence-electron chi connectivity index (χ1n) is 8.87. The summed E-state index contributed by atoms with van der Waals surface area (Å²) in [6, 6.07) is 17.2. The minimum absolute atomic E-state index is 0.0834. The van der Waals surface area contributed by atoms with Crippen molar-refractivity contribution in [3.8, 4) is 0 Å². The highest BCUT2D eigenvalue weighted by molar-refractivity contribution is 6.31. The largest absolute Gasteiger partial charge is 0.395 e. The van der Waals surface area contributed by atoms with Gasteiger partial charge in [0.1, 0.15) is 0 Å². The van der Waals surface area contributed by atoms with Crippen LogP contribution in [0.2, 0.25) is 5.02 Å². The number of aliphatic hydroxyl groups excluding tert-OH is 1. The van der Waals surface area contributed by atoms with Crippen molar-refractivity contribution >= 4 is 17.5 Å². The summed E-state index contributed by atoms with van der Waals surface area (Å²) in [6.45, 7) is 3.94. The molecule has 0 saturated carbocycles. The van der Waals surface area contributed by atoms with Crippen LogP contribution in [0.1, 0.15) is 17.0 Å². The molecule has 1 atom stereocenters. The van der Waals surface area contributed by atoms with Gasteiger partial charge in [0.25, 0.3) is 0 Å². The maximum atomic E-state index is 13.1. The van der Waals surface area contributed by atoms with Crippen LogP contribution in [0.5, 0.6) is 0 Å². The molecule has 6 heteroatoms. The zero-order valence-electron chi connectivity index (χ0n) is 14.6. The Labute approximate surface area is 159 Å². The number of piperazine rings is 1. The number of hydrogen-bond donors (Lipinski definition) is 2. The topological polar surface area (TPSA) is 55.8 Å². The van der Waals surface area contributed by atoms with E-state index >= 15 is 0 Å². The molecule has 1 fully saturated rings. The van der Waals surface area contributed by atoms with Crippen molar-refractivity contribution < 1.29 is 9.90 Å². The molecule has 1 amide bonds. The average molecular weight is 374 g/mol. The summed E-state index contributed by atoms with van der Waals surface area (Å²) >= 11 is 6.39. The molecule has 26 heavy (non-hydrogen) atoms. The highest BCUT2D eigenvalue weighted by atomic mass is 35.5. The van der Waals surface area contributed by atoms with E-state index in [2.05, 4.69) is 10.3 Å². The van der Waals surface area contributed by atoms with Crippen molar-refractivity contribution in [3.63, 3.8) is 0 Å². The monoisotopic (exact) mass is 373 g/mol. The quantitative estimate of drug-likeness (QED) is 0.814. The molecule has 1 aliphatic heterocycles. The predicted octanol–water partition coefficient (Wildman–Crippen LogP) is 2.11. The Morgan fingerprint density at radius 1 is 1.04 bits per heavy atom. The standard InChI is InChI=1S/C20H24ClN3O2/c21-18-9-5-4-8-17(18)19(16-6-2-1-3-7-16)20(26)22-24-12-10-23(11-13-24)14-15-25/h1-9,19,25H,10-15H2,(H,22,26). The van der Waals surface area contributed by atoms with E-state index in [4.69, 9.17) is 16.7 Å². The van der Waals surface area contributed by atoms with E-state index in [1.54, 1.807) is 0 Å². The van der Waals surface area contributed by atoms with Crippen molar-refractivity contribution in [2.45, 2.75) is 5.92 Å². The second-order valence-corrected chi connectivity index (χ2v) is 6.80. The molecule has 1 saturated heterocycles. The summed E-state index contributed by atoms with van der Waals surface area (Å²) in [6.07, 6.45) is 0. The van der Waals surface area contributed by atoms with Gasteiger partial charge in [0.15, 0.2) is 0 Å². The van der Waals surface area contributed by atoms with Gasteiger partial charge in [-0.05, 0) is 17.2 Å². The molecule has 0 bridgehead atoms. The Hall–Kier alpha value is -1.92. The number of halogens is 1. The van der Waals surface area contributed by atoms with Gasteiger partial charge in [-0.25, -0.2) is 5.01 Å². The summed E-state index contributed by atoms with van der Waals surface area (Å²) in [5.74, 6) is -0.541. The number of nitrogens with zero attached hydrogens (tertiary/aromatic N) is 2. The summed E-state index contributed by atoms with van der Waals surface area (Å²) in [7, 11) is 0. The molecule has 5 nitrogen and oxygen atoms in total. The van der Waals surface area contributed by atoms with Crippen LogP contribution in [0.15, 0.2) is 54.6 Å². The second kappa shape index (κ2) is 9.14. The molecular weight excluding hydrogens is 350 g/mol. The maximum absolute atomic E-state index is 13.1. The fourth-order valence-electron chi connectivity index (χ4n) is 3.27. The molecule has 1 unspecified atom stereocenters. The van der Waals surface area contributed by atoms with Crippen LogP contribution < -0.4 is 5.43 Å². The zero-order valence-corrected chi connectivity index (χ0v) is 15.4. The van der Waals surface area contributed by atoms with Crippen molar-refractivity contribution in [3.05, 3.63) is 70.7 Å². The Morgan fingerprint density at radius 2 is 1.69 bits per heavy atom. The molecular formula is C20H24ClN3O2. The number of hydrogen-bond acceptors (Lipinski definition) is 4. The van der Waals surface area contributed by atoms with Gasteiger partial charge in [0.2, 0.25) is 5.91 Å². The summed E-state index contributed by atoms with van der Waals surface area (Å²) in [5.41, 5.74) is 4.77. The summed E-state index contributed by atoms with van der Waals surface area (Å²) < 4.78 is 0. The third-order valence-electron chi connectivity index (χ3n) is 4.67. The lowest BCUT2D eigenvalue weighted by atomic mass is 9.90. The normalized spacial score (nSPS) is 17.0. The fourth-order valence-corrected chi connectivity index (χ4v) is 3.52. The fraction of sp³-hybridized carbons (Fsp3) is 0.350. The molecule has 0 spiro atoms. The molecule has 2 N–H and O–H groups in total. The molecule has 138 valence electrons. The molecule has 2 aromatic rings. The number of amides is 1. The number of hydrazine groups is 1. The SMILES string of the molecule is O=C(NN1CCN(CCO)CC1)C(c1ccccc1)c1ccccc1Cl. The molecule has 0 aliphatic carbocycles. The van der Waals surface area contributed by atoms with Crippen molar-refractivity contribution in [2.75, 3.05) is 39.3 Å². The molecule has 1 heterocycles. The van der Waals surface area contributed by atoms with Crippen molar-refractivity contribution in [1.82, 2.24) is 15.3 Å². The molecule has 0 radical (unpaired) electrons. The van der Waals surface area contributed by atoms with Crippen LogP contribution in [-0.4, -0.2) is 60.3 Å². The van der Waals surface area contributed by atoms with E-state index in [9.17, 15) is 4.79 Å². The van der Waals surface area contributed by atoms with Gasteiger partial charge in [-0.3, -0.25) is 15.1 Å². The smallest absolute Gasteiger partial charge is 0.246 e. The highest BCUT2D eigenvalue weighted by Gasteiger charge is 2.27. The summed E-state index contributed by atoms with van der Waals surface area (Å²) in [5, 5.41) is 11.6. The van der Waals surface area contributed by atoms with E-state index in [0.717, 1.165) is 37.3 Å². The molecule has 3 rings (SSSR count). The van der Waals surface area contributed by atoms with Gasteiger partial charge >= 0.3 is 0 Å². The number of carbonyl (C=O) groups is 1. The Morgan fingerprint density at radius 3 is 2.35 bits per heavy atom. The minimum Gasteiger partial charge on any atom is -0.395 e. The summed E-state index contributed by atoms with van der Waals surface area (Å²) in [4.78, 5) is 15.3. The highest BCUT2D eigenvalue weighted by Crippen LogP contribution is 2.30. The van der Waals surface area contributed by atoms with E-state index in [-0.39, 0.29) is 12.5 Å². The number of rotatable bonds is 6. The van der Waals surface area contributed by atoms with Crippen LogP contribution in [0.3, 0.4) is 0 Å². The zero-order chi connectivity index (χ0) is 18.4. The number of nitrogens with one attached hydrogen (secondary N) is 1. The minimum atomic E-state index is -0.458. The van der Waals surface area contributed by atoms with Crippen molar-refractivity contribution in [1.29, 1.82) is 0 Å². The van der Waals surface area contributed by atoms with Gasteiger partial charge in [0.05, 0.1) is 12.5 Å². The first-order valence-corrected chi connectivity index (χ1v) is 9.25. The van der Waals surface area contributed by atoms with Crippen molar-refractivity contribution in [2.24, 2.45) is 0 Å². The lowest BCUT2D eigenvalue weighted by Gasteiger charge is -2.35. The van der Waals surface area contributed by atoms with E-state index in [1.807, 2.05) is 59.6 Å². The first kappa shape index (κ1) is 18.9. The van der Waals surface area contributed by atoms with Crippen LogP contribution in [0.25, 0.3) is 0 Å². The lowest BCUT2D eigenvalue weighted by Crippen LogP contribution is -2.54. The van der Waals surface area contributed by atoms with Gasteiger partial charge < -0.3 is 5.11 Å². The van der Waals surface area contributed by atoms with Crippen LogP contribution >= 0.6 is 11.6 Å². The van der Waals surface area contributed by atoms with Gasteiger partial charge in [-0.1, -0.05) is 60.1 Å². The molecule has 0 aromatic heterocycles. The Balaban J connectivity index is 1.75. The molecule has 1 aliphatic rings. The van der Waals surface area contributed by atoms with E-state index in [1.165, 1.54) is 0 Å². The molecule has 2 aromatic carbocycles. The predicted molar refractivity (Wildman–Crippen MR) is 103 cm³/mol. The van der Waals surface area contributed by atoms with E-state index in [0.29, 0.717) is 11.6 Å². The number of carbonyl (C=O) groups excluding carboxylic acids is 1. The van der Waals surface area contributed by atoms with Gasteiger partial charge in [-0.2, -0.15) is 0 Å². The maximum Gasteiger partial charge on any atom is 0.246 e. The first-order chi connectivity index (χ1) is 12.7. The van der Waals surface area contributed by atoms with Crippen LogP contribution in [0, 0.1) is 0 Å². The van der Waals surface area contributed by atoms with Crippen LogP contribution in [0.4, 0.5) is 0 Å².